The molecule has 0 radical (unpaired) electrons. The van der Waals surface area contributed by atoms with Crippen LogP contribution in [-0.4, -0.2) is 23.6 Å². The summed E-state index contributed by atoms with van der Waals surface area (Å²) in [4.78, 5) is 8.89. The molecule has 0 atom stereocenters. The van der Waals surface area contributed by atoms with Crippen molar-refractivity contribution in [2.75, 3.05) is 12.4 Å². The molecule has 0 saturated heterocycles. The number of halogens is 2. The van der Waals surface area contributed by atoms with Gasteiger partial charge in [0.1, 0.15) is 11.6 Å². The summed E-state index contributed by atoms with van der Waals surface area (Å²) in [6.07, 6.45) is 0. The fourth-order valence-electron chi connectivity index (χ4n) is 1.80. The minimum absolute atomic E-state index is 0.114. The lowest BCUT2D eigenvalue weighted by atomic mass is 10.1. The molecule has 0 aliphatic rings. The van der Waals surface area contributed by atoms with E-state index in [1.807, 2.05) is 19.9 Å². The summed E-state index contributed by atoms with van der Waals surface area (Å²) in [6.45, 7) is 1.27. The van der Waals surface area contributed by atoms with E-state index >= 15 is 0 Å². The fourth-order valence-corrected chi connectivity index (χ4v) is 1.80. The van der Waals surface area contributed by atoms with Gasteiger partial charge in [0.15, 0.2) is 5.82 Å². The van der Waals surface area contributed by atoms with E-state index in [2.05, 4.69) is 20.0 Å². The Morgan fingerprint density at radius 2 is 1.76 bits per heavy atom. The van der Waals surface area contributed by atoms with E-state index in [1.54, 1.807) is 19.2 Å². The van der Waals surface area contributed by atoms with Gasteiger partial charge < -0.3 is 10.1 Å². The Bertz CT molecular complexity index is 600. The van der Waals surface area contributed by atoms with Crippen LogP contribution in [0.15, 0.2) is 30.3 Å². The monoisotopic (exact) mass is 293 g/mol. The SMILES string of the molecule is CNc1cc(C(C)C)nc(-c2ccc(OC(F)F)cc2)n1. The van der Waals surface area contributed by atoms with Crippen LogP contribution in [0.2, 0.25) is 0 Å². The highest BCUT2D eigenvalue weighted by atomic mass is 19.3. The van der Waals surface area contributed by atoms with Crippen LogP contribution < -0.4 is 10.1 Å². The van der Waals surface area contributed by atoms with E-state index in [-0.39, 0.29) is 11.7 Å². The van der Waals surface area contributed by atoms with Gasteiger partial charge in [-0.15, -0.1) is 0 Å². The summed E-state index contributed by atoms with van der Waals surface area (Å²) >= 11 is 0. The van der Waals surface area contributed by atoms with E-state index in [1.165, 1.54) is 12.1 Å². The zero-order valence-electron chi connectivity index (χ0n) is 12.1. The standard InChI is InChI=1S/C15H17F2N3O/c1-9(2)12-8-13(18-3)20-14(19-12)10-4-6-11(7-5-10)21-15(16)17/h4-9,15H,1-3H3,(H,18,19,20). The highest BCUT2D eigenvalue weighted by molar-refractivity contribution is 5.58. The van der Waals surface area contributed by atoms with Gasteiger partial charge in [0, 0.05) is 24.4 Å². The zero-order valence-corrected chi connectivity index (χ0v) is 12.1. The topological polar surface area (TPSA) is 47.0 Å². The quantitative estimate of drug-likeness (QED) is 0.908. The number of alkyl halides is 2. The predicted octanol–water partition coefficient (Wildman–Crippen LogP) is 3.91. The summed E-state index contributed by atoms with van der Waals surface area (Å²) < 4.78 is 28.6. The predicted molar refractivity (Wildman–Crippen MR) is 77.7 cm³/mol. The molecule has 0 saturated carbocycles. The molecule has 0 amide bonds. The van der Waals surface area contributed by atoms with Crippen molar-refractivity contribution in [3.63, 3.8) is 0 Å². The van der Waals surface area contributed by atoms with E-state index in [0.717, 1.165) is 17.1 Å². The maximum Gasteiger partial charge on any atom is 0.387 e. The van der Waals surface area contributed by atoms with Crippen molar-refractivity contribution in [2.45, 2.75) is 26.4 Å². The molecule has 0 bridgehead atoms. The number of aromatic nitrogens is 2. The zero-order chi connectivity index (χ0) is 15.4. The maximum absolute atomic E-state index is 12.1. The van der Waals surface area contributed by atoms with Gasteiger partial charge in [-0.2, -0.15) is 8.78 Å². The third kappa shape index (κ3) is 3.87. The van der Waals surface area contributed by atoms with Crippen LogP contribution >= 0.6 is 0 Å². The summed E-state index contributed by atoms with van der Waals surface area (Å²) in [5.41, 5.74) is 1.66. The molecular formula is C15H17F2N3O. The normalized spacial score (nSPS) is 11.0. The molecule has 6 heteroatoms. The average molecular weight is 293 g/mol. The first-order valence-corrected chi connectivity index (χ1v) is 6.61. The van der Waals surface area contributed by atoms with Crippen molar-refractivity contribution in [1.29, 1.82) is 0 Å². The molecule has 0 aliphatic carbocycles. The molecule has 0 spiro atoms. The van der Waals surface area contributed by atoms with Gasteiger partial charge in [-0.25, -0.2) is 9.97 Å². The second-order valence-corrected chi connectivity index (χ2v) is 4.81. The third-order valence-electron chi connectivity index (χ3n) is 2.93. The molecule has 2 rings (SSSR count). The Morgan fingerprint density at radius 3 is 2.29 bits per heavy atom. The van der Waals surface area contributed by atoms with Gasteiger partial charge in [-0.3, -0.25) is 0 Å². The number of benzene rings is 1. The molecule has 1 aromatic carbocycles. The number of nitrogens with zero attached hydrogens (tertiary/aromatic N) is 2. The van der Waals surface area contributed by atoms with Crippen LogP contribution in [-0.2, 0) is 0 Å². The number of hydrogen-bond acceptors (Lipinski definition) is 4. The molecule has 21 heavy (non-hydrogen) atoms. The molecule has 0 aliphatic heterocycles. The Balaban J connectivity index is 2.34. The highest BCUT2D eigenvalue weighted by Crippen LogP contribution is 2.24. The second-order valence-electron chi connectivity index (χ2n) is 4.81. The number of anilines is 1. The third-order valence-corrected chi connectivity index (χ3v) is 2.93. The Labute approximate surface area is 122 Å². The lowest BCUT2D eigenvalue weighted by Crippen LogP contribution is -2.03. The Morgan fingerprint density at radius 1 is 1.10 bits per heavy atom. The average Bonchev–Trinajstić information content (AvgIpc) is 2.46. The molecule has 1 N–H and O–H groups in total. The number of ether oxygens (including phenoxy) is 1. The largest absolute Gasteiger partial charge is 0.435 e. The van der Waals surface area contributed by atoms with Crippen LogP contribution in [0.1, 0.15) is 25.5 Å². The van der Waals surface area contributed by atoms with E-state index in [4.69, 9.17) is 0 Å². The van der Waals surface area contributed by atoms with Crippen LogP contribution in [0.3, 0.4) is 0 Å². The number of nitrogens with one attached hydrogen (secondary N) is 1. The van der Waals surface area contributed by atoms with Crippen molar-refractivity contribution in [2.24, 2.45) is 0 Å². The minimum atomic E-state index is -2.83. The first-order valence-electron chi connectivity index (χ1n) is 6.61. The fraction of sp³-hybridized carbons (Fsp3) is 0.333. The van der Waals surface area contributed by atoms with Gasteiger partial charge in [0.25, 0.3) is 0 Å². The van der Waals surface area contributed by atoms with Crippen LogP contribution in [0.5, 0.6) is 5.75 Å². The molecular weight excluding hydrogens is 276 g/mol. The van der Waals surface area contributed by atoms with E-state index in [9.17, 15) is 8.78 Å². The van der Waals surface area contributed by atoms with Crippen molar-refractivity contribution in [1.82, 2.24) is 9.97 Å². The first kappa shape index (κ1) is 15.2. The van der Waals surface area contributed by atoms with Crippen molar-refractivity contribution in [3.8, 4) is 17.1 Å². The highest BCUT2D eigenvalue weighted by Gasteiger charge is 2.10. The van der Waals surface area contributed by atoms with E-state index < -0.39 is 6.61 Å². The van der Waals surface area contributed by atoms with Gasteiger partial charge >= 0.3 is 6.61 Å². The van der Waals surface area contributed by atoms with Gasteiger partial charge in [0.2, 0.25) is 0 Å². The van der Waals surface area contributed by atoms with Crippen LogP contribution in [0.25, 0.3) is 11.4 Å². The van der Waals surface area contributed by atoms with Gasteiger partial charge in [-0.1, -0.05) is 13.8 Å². The molecule has 0 fully saturated rings. The molecule has 0 unspecified atom stereocenters. The molecule has 2 aromatic rings. The van der Waals surface area contributed by atoms with Gasteiger partial charge in [0.05, 0.1) is 0 Å². The van der Waals surface area contributed by atoms with Crippen molar-refractivity contribution < 1.29 is 13.5 Å². The summed E-state index contributed by atoms with van der Waals surface area (Å²) in [5, 5.41) is 2.99. The van der Waals surface area contributed by atoms with Crippen LogP contribution in [0.4, 0.5) is 14.6 Å². The smallest absolute Gasteiger partial charge is 0.387 e. The molecule has 1 aromatic heterocycles. The second kappa shape index (κ2) is 6.47. The van der Waals surface area contributed by atoms with Crippen molar-refractivity contribution >= 4 is 5.82 Å². The van der Waals surface area contributed by atoms with Gasteiger partial charge in [-0.05, 0) is 30.2 Å². The summed E-state index contributed by atoms with van der Waals surface area (Å²) in [5.74, 6) is 1.65. The van der Waals surface area contributed by atoms with Crippen molar-refractivity contribution in [3.05, 3.63) is 36.0 Å². The lowest BCUT2D eigenvalue weighted by Gasteiger charge is -2.10. The molecule has 1 heterocycles. The van der Waals surface area contributed by atoms with Crippen LogP contribution in [0, 0.1) is 0 Å². The number of rotatable bonds is 5. The summed E-state index contributed by atoms with van der Waals surface area (Å²) in [7, 11) is 1.79. The Kier molecular flexibility index (Phi) is 4.67. The summed E-state index contributed by atoms with van der Waals surface area (Å²) in [6, 6.07) is 8.17. The Hall–Kier alpha value is -2.24. The molecule has 4 nitrogen and oxygen atoms in total. The minimum Gasteiger partial charge on any atom is -0.435 e. The maximum atomic E-state index is 12.1. The first-order chi connectivity index (χ1) is 9.99. The molecule has 112 valence electrons. The number of hydrogen-bond donors (Lipinski definition) is 1. The lowest BCUT2D eigenvalue weighted by molar-refractivity contribution is -0.0498. The van der Waals surface area contributed by atoms with E-state index in [0.29, 0.717) is 5.82 Å².